The average Bonchev–Trinajstić information content (AvgIpc) is 3.66. The first-order valence-electron chi connectivity index (χ1n) is 12.9. The number of alkyl halides is 2. The van der Waals surface area contributed by atoms with Crippen molar-refractivity contribution in [3.63, 3.8) is 0 Å². The number of hydrogen-bond donors (Lipinski definition) is 2. The Morgan fingerprint density at radius 2 is 1.87 bits per heavy atom. The van der Waals surface area contributed by atoms with Gasteiger partial charge in [0.1, 0.15) is 5.60 Å². The number of amides is 1. The zero-order chi connectivity index (χ0) is 27.8. The fraction of sp³-hybridized carbons (Fsp3) is 0.483. The normalized spacial score (nSPS) is 20.7. The highest BCUT2D eigenvalue weighted by Crippen LogP contribution is 2.49. The van der Waals surface area contributed by atoms with Gasteiger partial charge in [-0.2, -0.15) is 13.9 Å². The molecule has 1 aromatic heterocycles. The number of carbonyl (C=O) groups excluding carboxylic acids is 1. The SMILES string of the molecule is COC1(C)C(=O)N(C2CC2)c2cc3c(N[C@H](C)c4cccc(C(F)(F)C(C)(C)O)c4C)nnc(C)c3cc21. The minimum Gasteiger partial charge on any atom is -0.384 e. The molecule has 9 heteroatoms. The molecule has 38 heavy (non-hydrogen) atoms. The van der Waals surface area contributed by atoms with Gasteiger partial charge in [-0.1, -0.05) is 18.2 Å². The van der Waals surface area contributed by atoms with Gasteiger partial charge < -0.3 is 20.1 Å². The summed E-state index contributed by atoms with van der Waals surface area (Å²) in [5.41, 5.74) is -0.140. The predicted octanol–water partition coefficient (Wildman–Crippen LogP) is 5.65. The molecule has 202 valence electrons. The Morgan fingerprint density at radius 1 is 1.18 bits per heavy atom. The smallest absolute Gasteiger partial charge is 0.300 e. The molecule has 0 saturated heterocycles. The number of rotatable bonds is 7. The quantitative estimate of drug-likeness (QED) is 0.415. The zero-order valence-electron chi connectivity index (χ0n) is 22.8. The number of nitrogens with zero attached hydrogens (tertiary/aromatic N) is 3. The summed E-state index contributed by atoms with van der Waals surface area (Å²) in [5, 5.41) is 23.9. The number of nitrogens with one attached hydrogen (secondary N) is 1. The molecule has 1 amide bonds. The molecule has 3 aromatic rings. The molecule has 1 fully saturated rings. The molecule has 2 heterocycles. The molecular formula is C29H34F2N4O3. The number of anilines is 2. The van der Waals surface area contributed by atoms with Crippen molar-refractivity contribution in [3.05, 3.63) is 58.3 Å². The Morgan fingerprint density at radius 3 is 2.47 bits per heavy atom. The lowest BCUT2D eigenvalue weighted by molar-refractivity contribution is -0.168. The minimum absolute atomic E-state index is 0.0746. The lowest BCUT2D eigenvalue weighted by Crippen LogP contribution is -2.40. The number of aromatic nitrogens is 2. The lowest BCUT2D eigenvalue weighted by atomic mass is 9.87. The Bertz CT molecular complexity index is 1450. The van der Waals surface area contributed by atoms with E-state index in [0.29, 0.717) is 22.6 Å². The van der Waals surface area contributed by atoms with Crippen LogP contribution in [0.25, 0.3) is 10.8 Å². The molecule has 2 atom stereocenters. The molecule has 1 aliphatic heterocycles. The summed E-state index contributed by atoms with van der Waals surface area (Å²) >= 11 is 0. The van der Waals surface area contributed by atoms with Crippen LogP contribution in [-0.2, 0) is 21.1 Å². The van der Waals surface area contributed by atoms with E-state index in [1.807, 2.05) is 30.9 Å². The van der Waals surface area contributed by atoms with Crippen molar-refractivity contribution in [3.8, 4) is 0 Å². The summed E-state index contributed by atoms with van der Waals surface area (Å²) in [6, 6.07) is 8.40. The van der Waals surface area contributed by atoms with Crippen molar-refractivity contribution >= 4 is 28.2 Å². The Labute approximate surface area is 221 Å². The molecule has 2 N–H and O–H groups in total. The van der Waals surface area contributed by atoms with Crippen LogP contribution in [0.1, 0.15) is 74.5 Å². The summed E-state index contributed by atoms with van der Waals surface area (Å²) < 4.78 is 35.9. The first-order valence-corrected chi connectivity index (χ1v) is 12.9. The maximum absolute atomic E-state index is 15.1. The van der Waals surface area contributed by atoms with Crippen LogP contribution in [0.3, 0.4) is 0 Å². The predicted molar refractivity (Wildman–Crippen MR) is 143 cm³/mol. The third-order valence-electron chi connectivity index (χ3n) is 8.10. The van der Waals surface area contributed by atoms with Crippen LogP contribution in [0.5, 0.6) is 0 Å². The number of aliphatic hydroxyl groups is 1. The summed E-state index contributed by atoms with van der Waals surface area (Å²) in [7, 11) is 1.55. The van der Waals surface area contributed by atoms with E-state index in [0.717, 1.165) is 48.7 Å². The summed E-state index contributed by atoms with van der Waals surface area (Å²) in [4.78, 5) is 15.2. The third kappa shape index (κ3) is 3.86. The fourth-order valence-electron chi connectivity index (χ4n) is 5.43. The average molecular weight is 525 g/mol. The number of halogens is 2. The van der Waals surface area contributed by atoms with Gasteiger partial charge in [0.25, 0.3) is 5.91 Å². The Kier molecular flexibility index (Phi) is 6.04. The third-order valence-corrected chi connectivity index (χ3v) is 8.10. The van der Waals surface area contributed by atoms with E-state index in [2.05, 4.69) is 15.5 Å². The van der Waals surface area contributed by atoms with Crippen molar-refractivity contribution in [2.24, 2.45) is 0 Å². The van der Waals surface area contributed by atoms with E-state index in [9.17, 15) is 9.90 Å². The Hall–Kier alpha value is -3.17. The molecule has 1 saturated carbocycles. The van der Waals surface area contributed by atoms with Crippen LogP contribution < -0.4 is 10.2 Å². The van der Waals surface area contributed by atoms with E-state index < -0.39 is 23.2 Å². The number of fused-ring (bicyclic) bond motifs is 2. The van der Waals surface area contributed by atoms with Gasteiger partial charge >= 0.3 is 5.92 Å². The maximum Gasteiger partial charge on any atom is 0.300 e. The molecule has 1 aliphatic carbocycles. The molecule has 2 aliphatic rings. The second-order valence-electron chi connectivity index (χ2n) is 11.2. The molecule has 5 rings (SSSR count). The topological polar surface area (TPSA) is 87.6 Å². The number of carbonyl (C=O) groups is 1. The highest BCUT2D eigenvalue weighted by atomic mass is 19.3. The standard InChI is InChI=1S/C29H34F2N4O3/c1-15-19(9-8-10-22(15)29(30,31)27(4,5)37)16(2)32-25-21-14-24-23(13-20(21)17(3)33-34-25)28(6,38-7)26(36)35(24)18-11-12-18/h8-10,13-14,16,18,37H,11-12H2,1-7H3,(H,32,34)/t16-,28?/m1/s1. The monoisotopic (exact) mass is 524 g/mol. The van der Waals surface area contributed by atoms with Crippen LogP contribution in [-0.4, -0.2) is 40.0 Å². The van der Waals surface area contributed by atoms with Crippen molar-refractivity contribution in [2.45, 2.75) is 83.6 Å². The number of aryl methyl sites for hydroxylation is 1. The van der Waals surface area contributed by atoms with E-state index >= 15 is 8.78 Å². The molecule has 2 aromatic carbocycles. The number of hydrogen-bond acceptors (Lipinski definition) is 6. The Balaban J connectivity index is 1.59. The summed E-state index contributed by atoms with van der Waals surface area (Å²) in [5.74, 6) is -3.01. The summed E-state index contributed by atoms with van der Waals surface area (Å²) in [6.07, 6.45) is 1.90. The molecular weight excluding hydrogens is 490 g/mol. The molecule has 0 spiro atoms. The van der Waals surface area contributed by atoms with Gasteiger partial charge in [-0.05, 0) is 77.6 Å². The van der Waals surface area contributed by atoms with E-state index in [4.69, 9.17) is 4.74 Å². The van der Waals surface area contributed by atoms with Gasteiger partial charge in [-0.25, -0.2) is 0 Å². The number of benzene rings is 2. The molecule has 1 unspecified atom stereocenters. The van der Waals surface area contributed by atoms with Crippen molar-refractivity contribution in [2.75, 3.05) is 17.3 Å². The zero-order valence-corrected chi connectivity index (χ0v) is 22.8. The van der Waals surface area contributed by atoms with Crippen molar-refractivity contribution < 1.29 is 23.4 Å². The van der Waals surface area contributed by atoms with E-state index in [-0.39, 0.29) is 17.5 Å². The van der Waals surface area contributed by atoms with E-state index in [1.54, 1.807) is 33.1 Å². The second-order valence-corrected chi connectivity index (χ2v) is 11.2. The highest BCUT2D eigenvalue weighted by molar-refractivity contribution is 6.11. The van der Waals surface area contributed by atoms with Gasteiger partial charge in [-0.3, -0.25) is 4.79 Å². The fourth-order valence-corrected chi connectivity index (χ4v) is 5.43. The van der Waals surface area contributed by atoms with Crippen LogP contribution in [0, 0.1) is 13.8 Å². The van der Waals surface area contributed by atoms with Crippen LogP contribution >= 0.6 is 0 Å². The highest BCUT2D eigenvalue weighted by Gasteiger charge is 2.52. The lowest BCUT2D eigenvalue weighted by Gasteiger charge is -2.31. The largest absolute Gasteiger partial charge is 0.384 e. The van der Waals surface area contributed by atoms with Gasteiger partial charge in [-0.15, -0.1) is 5.10 Å². The van der Waals surface area contributed by atoms with Crippen molar-refractivity contribution in [1.82, 2.24) is 10.2 Å². The van der Waals surface area contributed by atoms with Gasteiger partial charge in [0.2, 0.25) is 0 Å². The summed E-state index contributed by atoms with van der Waals surface area (Å²) in [6.45, 7) is 9.39. The van der Waals surface area contributed by atoms with Crippen LogP contribution in [0.2, 0.25) is 0 Å². The first kappa shape index (κ1) is 26.4. The van der Waals surface area contributed by atoms with Gasteiger partial charge in [0.15, 0.2) is 11.4 Å². The molecule has 0 bridgehead atoms. The van der Waals surface area contributed by atoms with Crippen LogP contribution in [0.4, 0.5) is 20.3 Å². The van der Waals surface area contributed by atoms with Crippen molar-refractivity contribution in [1.29, 1.82) is 0 Å². The van der Waals surface area contributed by atoms with Gasteiger partial charge in [0.05, 0.1) is 17.4 Å². The van der Waals surface area contributed by atoms with Gasteiger partial charge in [0, 0.05) is 35.1 Å². The maximum atomic E-state index is 15.1. The number of ether oxygens (including phenoxy) is 1. The number of methoxy groups -OCH3 is 1. The first-order chi connectivity index (χ1) is 17.7. The van der Waals surface area contributed by atoms with Crippen LogP contribution in [0.15, 0.2) is 30.3 Å². The molecule has 0 radical (unpaired) electrons. The second kappa shape index (κ2) is 8.68. The minimum atomic E-state index is -3.43. The molecule has 7 nitrogen and oxygen atoms in total. The van der Waals surface area contributed by atoms with E-state index in [1.165, 1.54) is 6.07 Å².